The summed E-state index contributed by atoms with van der Waals surface area (Å²) in [6.45, 7) is 10.8. The SMILES string of the molecule is Cc1noc(C)c1-c1ccc(NC2CCS(=O)(=O)CC2)c(NC(=O)[C@H](C)Cc2ccc(OC(F)(F)F)c(F)c2)c1.Cc1noc(C)c1-c1ccc2c(c1)nc([C@H](C)Cc1ccc(OC(F)(F)F)c(F)c1)n2C1CCS(=O)(=O)CC1. The molecule has 25 heteroatoms. The molecule has 79 heavy (non-hydrogen) atoms. The van der Waals surface area contributed by atoms with Gasteiger partial charge < -0.3 is 33.7 Å². The normalized spacial score (nSPS) is 16.7. The van der Waals surface area contributed by atoms with Crippen molar-refractivity contribution in [3.05, 3.63) is 124 Å². The highest BCUT2D eigenvalue weighted by molar-refractivity contribution is 7.91. The molecule has 0 radical (unpaired) electrons. The number of amides is 1. The summed E-state index contributed by atoms with van der Waals surface area (Å²) in [6.07, 6.45) is -7.92. The van der Waals surface area contributed by atoms with Crippen LogP contribution in [-0.4, -0.2) is 84.4 Å². The number of imidazole rings is 1. The topological polar surface area (TPSA) is 198 Å². The number of aromatic nitrogens is 4. The van der Waals surface area contributed by atoms with Crippen LogP contribution in [0.5, 0.6) is 11.5 Å². The van der Waals surface area contributed by atoms with Crippen molar-refractivity contribution < 1.29 is 75.3 Å². The van der Waals surface area contributed by atoms with Crippen LogP contribution in [0.2, 0.25) is 0 Å². The second kappa shape index (κ2) is 23.0. The van der Waals surface area contributed by atoms with Crippen LogP contribution in [0, 0.1) is 45.2 Å². The van der Waals surface area contributed by atoms with Crippen LogP contribution in [0.4, 0.5) is 46.5 Å². The van der Waals surface area contributed by atoms with Crippen molar-refractivity contribution in [2.75, 3.05) is 33.6 Å². The van der Waals surface area contributed by atoms with Gasteiger partial charge in [0.25, 0.3) is 0 Å². The van der Waals surface area contributed by atoms with E-state index in [1.165, 1.54) is 12.1 Å². The van der Waals surface area contributed by atoms with Crippen LogP contribution in [0.1, 0.15) is 91.4 Å². The van der Waals surface area contributed by atoms with Gasteiger partial charge in [0.15, 0.2) is 23.1 Å². The van der Waals surface area contributed by atoms with Gasteiger partial charge in [-0.1, -0.05) is 48.4 Å². The third kappa shape index (κ3) is 14.4. The molecule has 0 aliphatic carbocycles. The standard InChI is InChI=1S/C27H29F4N3O5S.C27H27F4N3O4S/c1-15(12-18-4-7-24(21(28)13-18)38-27(29,30)31)26(35)33-23-14-19(25-16(2)34-39-17(25)3)5-6-22(23)32-20-8-10-40(36,37)11-9-20;1-15(12-18-4-7-24(21(28)13-18)37-27(29,30)31)26-32-22-14-19(25-16(2)33-38-17(25)3)5-6-23(22)34(26)20-8-10-39(35,36)11-9-20/h4-7,13-15,20,32H,8-12H2,1-3H3,(H,33,35);4-7,13-15,20H,8-12H2,1-3H3/t2*15-/m11/s1. The number of halogens is 8. The molecule has 2 fully saturated rings. The Bertz CT molecular complexity index is 3550. The minimum atomic E-state index is -5.02. The fourth-order valence-electron chi connectivity index (χ4n) is 10.0. The maximum Gasteiger partial charge on any atom is 0.573 e. The van der Waals surface area contributed by atoms with E-state index in [1.807, 2.05) is 45.0 Å². The predicted octanol–water partition coefficient (Wildman–Crippen LogP) is 12.2. The molecule has 3 aromatic heterocycles. The molecule has 424 valence electrons. The van der Waals surface area contributed by atoms with Gasteiger partial charge in [-0.3, -0.25) is 4.79 Å². The maximum atomic E-state index is 14.4. The first-order valence-electron chi connectivity index (χ1n) is 25.1. The molecule has 15 nitrogen and oxygen atoms in total. The molecule has 5 heterocycles. The molecule has 7 aromatic rings. The number of fused-ring (bicyclic) bond motifs is 1. The highest BCUT2D eigenvalue weighted by Gasteiger charge is 2.35. The van der Waals surface area contributed by atoms with E-state index < -0.39 is 67.4 Å². The number of hydrogen-bond donors (Lipinski definition) is 2. The Labute approximate surface area is 449 Å². The summed E-state index contributed by atoms with van der Waals surface area (Å²) < 4.78 is 171. The van der Waals surface area contributed by atoms with Crippen molar-refractivity contribution in [3.63, 3.8) is 0 Å². The molecule has 2 aliphatic heterocycles. The summed E-state index contributed by atoms with van der Waals surface area (Å²) in [4.78, 5) is 18.1. The van der Waals surface area contributed by atoms with Crippen molar-refractivity contribution in [2.24, 2.45) is 5.92 Å². The second-order valence-electron chi connectivity index (χ2n) is 20.0. The molecule has 2 aliphatic rings. The molecule has 2 N–H and O–H groups in total. The molecule has 0 saturated carbocycles. The summed E-state index contributed by atoms with van der Waals surface area (Å²) in [5, 5.41) is 14.3. The van der Waals surface area contributed by atoms with Gasteiger partial charge in [0.1, 0.15) is 37.0 Å². The van der Waals surface area contributed by atoms with Crippen LogP contribution < -0.4 is 20.1 Å². The highest BCUT2D eigenvalue weighted by Crippen LogP contribution is 2.39. The summed E-state index contributed by atoms with van der Waals surface area (Å²) >= 11 is 0. The number of carbonyl (C=O) groups excluding carboxylic acids is 1. The smallest absolute Gasteiger partial charge is 0.403 e. The third-order valence-electron chi connectivity index (χ3n) is 13.9. The Kier molecular flexibility index (Phi) is 16.9. The Morgan fingerprint density at radius 1 is 0.671 bits per heavy atom. The van der Waals surface area contributed by atoms with E-state index >= 15 is 0 Å². The Balaban J connectivity index is 0.000000208. The first-order chi connectivity index (χ1) is 37.0. The number of anilines is 2. The Hall–Kier alpha value is -7.02. The van der Waals surface area contributed by atoms with Crippen LogP contribution in [0.15, 0.2) is 81.8 Å². The lowest BCUT2D eigenvalue weighted by Gasteiger charge is -2.27. The number of carbonyl (C=O) groups is 1. The van der Waals surface area contributed by atoms with E-state index in [0.717, 1.165) is 57.7 Å². The quantitative estimate of drug-likeness (QED) is 0.0976. The van der Waals surface area contributed by atoms with Gasteiger partial charge >= 0.3 is 12.7 Å². The number of hydrogen-bond acceptors (Lipinski definition) is 13. The first kappa shape index (κ1) is 58.1. The number of nitrogens with zero attached hydrogens (tertiary/aromatic N) is 4. The highest BCUT2D eigenvalue weighted by atomic mass is 32.2. The fourth-order valence-corrected chi connectivity index (χ4v) is 13.0. The van der Waals surface area contributed by atoms with E-state index in [-0.39, 0.29) is 47.4 Å². The predicted molar refractivity (Wildman–Crippen MR) is 278 cm³/mol. The molecular weight excluding hydrogens is 1090 g/mol. The van der Waals surface area contributed by atoms with Crippen molar-refractivity contribution in [1.82, 2.24) is 19.9 Å². The van der Waals surface area contributed by atoms with Crippen molar-refractivity contribution in [2.45, 2.75) is 111 Å². The fraction of sp³-hybridized carbons (Fsp3) is 0.407. The van der Waals surface area contributed by atoms with Gasteiger partial charge in [-0.25, -0.2) is 30.6 Å². The van der Waals surface area contributed by atoms with Gasteiger partial charge in [-0.05, 0) is 137 Å². The number of aryl methyl sites for hydroxylation is 4. The molecule has 4 aromatic carbocycles. The van der Waals surface area contributed by atoms with E-state index in [1.54, 1.807) is 32.9 Å². The van der Waals surface area contributed by atoms with Crippen molar-refractivity contribution in [1.29, 1.82) is 0 Å². The van der Waals surface area contributed by atoms with E-state index in [9.17, 15) is 56.8 Å². The molecule has 0 bridgehead atoms. The molecule has 1 amide bonds. The monoisotopic (exact) mass is 1150 g/mol. The number of sulfone groups is 2. The van der Waals surface area contributed by atoms with E-state index in [0.29, 0.717) is 83.2 Å². The third-order valence-corrected chi connectivity index (χ3v) is 17.3. The first-order valence-corrected chi connectivity index (χ1v) is 28.7. The number of alkyl halides is 6. The number of nitrogens with one attached hydrogen (secondary N) is 2. The number of ether oxygens (including phenoxy) is 2. The van der Waals surface area contributed by atoms with Crippen molar-refractivity contribution in [3.8, 4) is 33.8 Å². The summed E-state index contributed by atoms with van der Waals surface area (Å²) in [5.41, 5.74) is 8.10. The van der Waals surface area contributed by atoms with Crippen molar-refractivity contribution >= 4 is 48.0 Å². The minimum absolute atomic E-state index is 0.0574. The average molecular weight is 1150 g/mol. The van der Waals surface area contributed by atoms with Gasteiger partial charge in [-0.15, -0.1) is 26.3 Å². The maximum absolute atomic E-state index is 14.4. The van der Waals surface area contributed by atoms with Crippen LogP contribution in [-0.2, 0) is 37.3 Å². The zero-order valence-corrected chi connectivity index (χ0v) is 45.2. The summed E-state index contributed by atoms with van der Waals surface area (Å²) in [5.74, 6) is -3.19. The Morgan fingerprint density at radius 2 is 1.16 bits per heavy atom. The molecule has 9 rings (SSSR count). The van der Waals surface area contributed by atoms with Crippen LogP contribution in [0.3, 0.4) is 0 Å². The average Bonchev–Trinajstić information content (AvgIpc) is 4.22. The molecular formula is C54H56F8N6O9S2. The largest absolute Gasteiger partial charge is 0.573 e. The van der Waals surface area contributed by atoms with Gasteiger partial charge in [-0.2, -0.15) is 0 Å². The van der Waals surface area contributed by atoms with E-state index in [4.69, 9.17) is 14.0 Å². The number of rotatable bonds is 14. The van der Waals surface area contributed by atoms with Crippen LogP contribution in [0.25, 0.3) is 33.3 Å². The number of benzene rings is 4. The van der Waals surface area contributed by atoms with Gasteiger partial charge in [0.2, 0.25) is 5.91 Å². The Morgan fingerprint density at radius 3 is 1.66 bits per heavy atom. The summed E-state index contributed by atoms with van der Waals surface area (Å²) in [6, 6.07) is 17.5. The van der Waals surface area contributed by atoms with Gasteiger partial charge in [0, 0.05) is 35.0 Å². The lowest BCUT2D eigenvalue weighted by Crippen LogP contribution is -2.32. The van der Waals surface area contributed by atoms with Gasteiger partial charge in [0.05, 0.1) is 56.8 Å². The summed E-state index contributed by atoms with van der Waals surface area (Å²) in [7, 11) is -6.15. The minimum Gasteiger partial charge on any atom is -0.403 e. The molecule has 2 atom stereocenters. The molecule has 2 saturated heterocycles. The second-order valence-corrected chi connectivity index (χ2v) is 24.6. The van der Waals surface area contributed by atoms with E-state index in [2.05, 4.69) is 35.0 Å². The lowest BCUT2D eigenvalue weighted by molar-refractivity contribution is -0.276. The molecule has 0 spiro atoms. The lowest BCUT2D eigenvalue weighted by atomic mass is 9.99. The zero-order chi connectivity index (χ0) is 57.4. The van der Waals surface area contributed by atoms with Crippen LogP contribution >= 0.6 is 0 Å². The molecule has 0 unspecified atom stereocenters. The zero-order valence-electron chi connectivity index (χ0n) is 43.6.